The molecule has 0 bridgehead atoms. The maximum Gasteiger partial charge on any atom is 0.220 e. The van der Waals surface area contributed by atoms with E-state index in [-0.39, 0.29) is 11.9 Å². The van der Waals surface area contributed by atoms with Gasteiger partial charge in [0.25, 0.3) is 0 Å². The second kappa shape index (κ2) is 9.23. The molecule has 2 aromatic rings. The van der Waals surface area contributed by atoms with E-state index in [0.29, 0.717) is 37.6 Å². The zero-order valence-corrected chi connectivity index (χ0v) is 14.5. The molecule has 1 atom stereocenters. The van der Waals surface area contributed by atoms with Gasteiger partial charge in [-0.1, -0.05) is 44.2 Å². The van der Waals surface area contributed by atoms with Crippen LogP contribution in [-0.2, 0) is 11.2 Å². The number of amides is 1. The Balaban J connectivity index is 1.76. The van der Waals surface area contributed by atoms with Crippen molar-refractivity contribution in [3.63, 3.8) is 0 Å². The minimum absolute atomic E-state index is 0.0425. The van der Waals surface area contributed by atoms with Gasteiger partial charge in [0.2, 0.25) is 5.91 Å². The number of carbonyl (C=O) groups excluding carboxylic acids is 1. The molecule has 0 aliphatic heterocycles. The van der Waals surface area contributed by atoms with Crippen LogP contribution in [0.4, 0.5) is 0 Å². The fourth-order valence-corrected chi connectivity index (χ4v) is 2.64. The van der Waals surface area contributed by atoms with Crippen LogP contribution in [0, 0.1) is 5.92 Å². The molecule has 2 rings (SSSR count). The van der Waals surface area contributed by atoms with Gasteiger partial charge in [-0.2, -0.15) is 0 Å². The van der Waals surface area contributed by atoms with Crippen LogP contribution in [0.25, 0.3) is 11.3 Å². The van der Waals surface area contributed by atoms with E-state index in [2.05, 4.69) is 24.1 Å². The lowest BCUT2D eigenvalue weighted by molar-refractivity contribution is -0.121. The number of rotatable bonds is 9. The third kappa shape index (κ3) is 5.81. The van der Waals surface area contributed by atoms with E-state index < -0.39 is 0 Å². The average Bonchev–Trinajstić information content (AvgIpc) is 3.03. The fraction of sp³-hybridized carbons (Fsp3) is 0.474. The van der Waals surface area contributed by atoms with Gasteiger partial charge in [0.1, 0.15) is 0 Å². The average molecular weight is 329 g/mol. The van der Waals surface area contributed by atoms with Gasteiger partial charge in [0, 0.05) is 31.0 Å². The van der Waals surface area contributed by atoms with Crippen LogP contribution in [0.15, 0.2) is 40.9 Å². The first-order valence-electron chi connectivity index (χ1n) is 8.58. The molecule has 1 heterocycles. The van der Waals surface area contributed by atoms with Crippen molar-refractivity contribution in [2.24, 2.45) is 11.7 Å². The van der Waals surface area contributed by atoms with Crippen LogP contribution in [0.1, 0.15) is 39.0 Å². The third-order valence-electron chi connectivity index (χ3n) is 3.81. The number of aryl methyl sites for hydroxylation is 1. The van der Waals surface area contributed by atoms with Gasteiger partial charge in [-0.05, 0) is 18.8 Å². The molecule has 0 saturated heterocycles. The summed E-state index contributed by atoms with van der Waals surface area (Å²) in [6, 6.07) is 9.93. The molecule has 0 radical (unpaired) electrons. The van der Waals surface area contributed by atoms with Crippen LogP contribution in [0.3, 0.4) is 0 Å². The summed E-state index contributed by atoms with van der Waals surface area (Å²) in [6.45, 7) is 4.73. The van der Waals surface area contributed by atoms with Gasteiger partial charge in [-0.15, -0.1) is 0 Å². The predicted octanol–water partition coefficient (Wildman–Crippen LogP) is 3.15. The third-order valence-corrected chi connectivity index (χ3v) is 3.81. The maximum atomic E-state index is 12.0. The van der Waals surface area contributed by atoms with Gasteiger partial charge in [-0.25, -0.2) is 4.98 Å². The zero-order chi connectivity index (χ0) is 17.4. The molecule has 1 aromatic heterocycles. The summed E-state index contributed by atoms with van der Waals surface area (Å²) < 4.78 is 5.74. The monoisotopic (exact) mass is 329 g/mol. The van der Waals surface area contributed by atoms with E-state index in [0.717, 1.165) is 17.7 Å². The first-order valence-corrected chi connectivity index (χ1v) is 8.58. The van der Waals surface area contributed by atoms with E-state index in [1.807, 2.05) is 30.3 Å². The Morgan fingerprint density at radius 1 is 1.29 bits per heavy atom. The second-order valence-corrected chi connectivity index (χ2v) is 6.47. The summed E-state index contributed by atoms with van der Waals surface area (Å²) in [7, 11) is 0. The molecule has 0 saturated carbocycles. The van der Waals surface area contributed by atoms with Crippen LogP contribution in [0.2, 0.25) is 0 Å². The Labute approximate surface area is 143 Å². The molecule has 5 nitrogen and oxygen atoms in total. The molecule has 5 heteroatoms. The molecule has 1 aromatic carbocycles. The Kier molecular flexibility index (Phi) is 7.00. The summed E-state index contributed by atoms with van der Waals surface area (Å²) >= 11 is 0. The lowest BCUT2D eigenvalue weighted by Crippen LogP contribution is -2.40. The molecule has 130 valence electrons. The van der Waals surface area contributed by atoms with Crippen molar-refractivity contribution >= 4 is 5.91 Å². The molecular weight excluding hydrogens is 302 g/mol. The summed E-state index contributed by atoms with van der Waals surface area (Å²) in [6.07, 6.45) is 4.45. The molecule has 0 spiro atoms. The molecule has 3 N–H and O–H groups in total. The standard InChI is InChI=1S/C19H27N3O2/c1-14(2)11-16(12-20)22-18(23)9-6-10-19-21-13-17(24-19)15-7-4-3-5-8-15/h3-5,7-8,13-14,16H,6,9-12,20H2,1-2H3,(H,22,23). The number of aromatic nitrogens is 1. The minimum Gasteiger partial charge on any atom is -0.441 e. The van der Waals surface area contributed by atoms with Crippen molar-refractivity contribution in [2.45, 2.75) is 45.6 Å². The molecule has 0 aliphatic rings. The zero-order valence-electron chi connectivity index (χ0n) is 14.5. The Bertz CT molecular complexity index is 623. The van der Waals surface area contributed by atoms with Crippen molar-refractivity contribution in [1.82, 2.24) is 10.3 Å². The smallest absolute Gasteiger partial charge is 0.220 e. The molecule has 1 amide bonds. The Morgan fingerprint density at radius 2 is 2.04 bits per heavy atom. The first-order chi connectivity index (χ1) is 11.6. The highest BCUT2D eigenvalue weighted by Crippen LogP contribution is 2.20. The quantitative estimate of drug-likeness (QED) is 0.740. The van der Waals surface area contributed by atoms with Crippen LogP contribution in [0.5, 0.6) is 0 Å². The summed E-state index contributed by atoms with van der Waals surface area (Å²) in [5.74, 6) is 1.98. The molecule has 0 aliphatic carbocycles. The van der Waals surface area contributed by atoms with Gasteiger partial charge >= 0.3 is 0 Å². The number of benzene rings is 1. The van der Waals surface area contributed by atoms with Crippen LogP contribution >= 0.6 is 0 Å². The van der Waals surface area contributed by atoms with E-state index in [4.69, 9.17) is 10.2 Å². The van der Waals surface area contributed by atoms with Crippen molar-refractivity contribution in [2.75, 3.05) is 6.54 Å². The van der Waals surface area contributed by atoms with Crippen LogP contribution in [-0.4, -0.2) is 23.5 Å². The fourth-order valence-electron chi connectivity index (χ4n) is 2.64. The lowest BCUT2D eigenvalue weighted by atomic mass is 10.0. The Hall–Kier alpha value is -2.14. The van der Waals surface area contributed by atoms with Gasteiger partial charge in [-0.3, -0.25) is 4.79 Å². The van der Waals surface area contributed by atoms with Crippen molar-refractivity contribution in [3.8, 4) is 11.3 Å². The Morgan fingerprint density at radius 3 is 2.71 bits per heavy atom. The highest BCUT2D eigenvalue weighted by atomic mass is 16.4. The van der Waals surface area contributed by atoms with Crippen molar-refractivity contribution in [3.05, 3.63) is 42.4 Å². The lowest BCUT2D eigenvalue weighted by Gasteiger charge is -2.18. The molecular formula is C19H27N3O2. The highest BCUT2D eigenvalue weighted by Gasteiger charge is 2.13. The van der Waals surface area contributed by atoms with Gasteiger partial charge in [0.05, 0.1) is 6.20 Å². The predicted molar refractivity (Wildman–Crippen MR) is 95.3 cm³/mol. The summed E-state index contributed by atoms with van der Waals surface area (Å²) in [4.78, 5) is 16.3. The van der Waals surface area contributed by atoms with Gasteiger partial charge in [0.15, 0.2) is 11.7 Å². The summed E-state index contributed by atoms with van der Waals surface area (Å²) in [5, 5.41) is 3.00. The van der Waals surface area contributed by atoms with Crippen molar-refractivity contribution < 1.29 is 9.21 Å². The number of nitrogens with two attached hydrogens (primary N) is 1. The van der Waals surface area contributed by atoms with Gasteiger partial charge < -0.3 is 15.5 Å². The van der Waals surface area contributed by atoms with Crippen LogP contribution < -0.4 is 11.1 Å². The maximum absolute atomic E-state index is 12.0. The van der Waals surface area contributed by atoms with E-state index in [1.165, 1.54) is 0 Å². The summed E-state index contributed by atoms with van der Waals surface area (Å²) in [5.41, 5.74) is 6.72. The largest absolute Gasteiger partial charge is 0.441 e. The normalized spacial score (nSPS) is 12.3. The first kappa shape index (κ1) is 18.2. The molecule has 1 unspecified atom stereocenters. The number of nitrogens with zero attached hydrogens (tertiary/aromatic N) is 1. The second-order valence-electron chi connectivity index (χ2n) is 6.47. The highest BCUT2D eigenvalue weighted by molar-refractivity contribution is 5.76. The number of carbonyl (C=O) groups is 1. The van der Waals surface area contributed by atoms with E-state index >= 15 is 0 Å². The van der Waals surface area contributed by atoms with E-state index in [1.54, 1.807) is 6.20 Å². The van der Waals surface area contributed by atoms with Crippen molar-refractivity contribution in [1.29, 1.82) is 0 Å². The SMILES string of the molecule is CC(C)CC(CN)NC(=O)CCCc1ncc(-c2ccccc2)o1. The van der Waals surface area contributed by atoms with E-state index in [9.17, 15) is 4.79 Å². The molecule has 0 fully saturated rings. The topological polar surface area (TPSA) is 81.1 Å². The number of hydrogen-bond donors (Lipinski definition) is 2. The molecule has 24 heavy (non-hydrogen) atoms. The minimum atomic E-state index is 0.0425. The number of oxazole rings is 1. The number of nitrogens with one attached hydrogen (secondary N) is 1. The number of hydrogen-bond acceptors (Lipinski definition) is 4.